The minimum atomic E-state index is -0.229. The minimum Gasteiger partial charge on any atom is -0.385 e. The highest BCUT2D eigenvalue weighted by atomic mass is 127. The molecule has 0 saturated carbocycles. The molecule has 1 fully saturated rings. The fourth-order valence-electron chi connectivity index (χ4n) is 2.81. The lowest BCUT2D eigenvalue weighted by atomic mass is 10.1. The van der Waals surface area contributed by atoms with Gasteiger partial charge in [0.05, 0.1) is 12.6 Å². The summed E-state index contributed by atoms with van der Waals surface area (Å²) in [4.78, 5) is 6.91. The van der Waals surface area contributed by atoms with Crippen LogP contribution in [0, 0.1) is 5.82 Å². The van der Waals surface area contributed by atoms with Gasteiger partial charge in [-0.05, 0) is 38.0 Å². The first-order valence-corrected chi connectivity index (χ1v) is 8.57. The Bertz CT molecular complexity index is 528. The van der Waals surface area contributed by atoms with Crippen molar-refractivity contribution in [3.63, 3.8) is 0 Å². The third-order valence-electron chi connectivity index (χ3n) is 3.90. The summed E-state index contributed by atoms with van der Waals surface area (Å²) < 4.78 is 24.3. The molecule has 142 valence electrons. The molecule has 2 unspecified atom stereocenters. The second-order valence-electron chi connectivity index (χ2n) is 5.97. The second-order valence-corrected chi connectivity index (χ2v) is 5.97. The summed E-state index contributed by atoms with van der Waals surface area (Å²) in [5.41, 5.74) is 0.989. The van der Waals surface area contributed by atoms with E-state index in [9.17, 15) is 4.39 Å². The summed E-state index contributed by atoms with van der Waals surface area (Å²) >= 11 is 0. The Kier molecular flexibility index (Phi) is 10.3. The van der Waals surface area contributed by atoms with Crippen LogP contribution in [0.15, 0.2) is 29.3 Å². The quantitative estimate of drug-likeness (QED) is 0.304. The molecule has 1 aliphatic rings. The summed E-state index contributed by atoms with van der Waals surface area (Å²) in [5.74, 6) is 0.670. The standard InChI is InChI=1S/C18H28FN3O2.HI/c1-4-20-18(21-10-5-11-23-3)22-12-14(2)24-17(13-22)15-6-8-16(19)9-7-15;/h6-9,14,17H,4-5,10-13H2,1-3H3,(H,20,21);1H. The molecule has 0 bridgehead atoms. The highest BCUT2D eigenvalue weighted by molar-refractivity contribution is 14.0. The van der Waals surface area contributed by atoms with Crippen LogP contribution < -0.4 is 5.32 Å². The van der Waals surface area contributed by atoms with Crippen LogP contribution in [-0.2, 0) is 9.47 Å². The van der Waals surface area contributed by atoms with Crippen LogP contribution in [-0.4, -0.2) is 56.9 Å². The van der Waals surface area contributed by atoms with Crippen molar-refractivity contribution in [1.29, 1.82) is 0 Å². The fourth-order valence-corrected chi connectivity index (χ4v) is 2.81. The number of halogens is 2. The van der Waals surface area contributed by atoms with Gasteiger partial charge in [0.15, 0.2) is 5.96 Å². The molecule has 0 amide bonds. The monoisotopic (exact) mass is 465 g/mol. The maximum Gasteiger partial charge on any atom is 0.194 e. The molecule has 0 aromatic heterocycles. The number of methoxy groups -OCH3 is 1. The van der Waals surface area contributed by atoms with Gasteiger partial charge in [-0.25, -0.2) is 4.39 Å². The molecule has 1 aromatic rings. The van der Waals surface area contributed by atoms with E-state index in [1.54, 1.807) is 19.2 Å². The van der Waals surface area contributed by atoms with E-state index in [1.165, 1.54) is 12.1 Å². The molecule has 0 aliphatic carbocycles. The van der Waals surface area contributed by atoms with E-state index >= 15 is 0 Å². The first kappa shape index (κ1) is 22.1. The first-order chi connectivity index (χ1) is 11.6. The topological polar surface area (TPSA) is 46.1 Å². The van der Waals surface area contributed by atoms with Crippen molar-refractivity contribution in [3.8, 4) is 0 Å². The molecule has 25 heavy (non-hydrogen) atoms. The predicted molar refractivity (Wildman–Crippen MR) is 109 cm³/mol. The number of ether oxygens (including phenoxy) is 2. The molecule has 0 spiro atoms. The molecule has 1 aliphatic heterocycles. The zero-order chi connectivity index (χ0) is 17.4. The van der Waals surface area contributed by atoms with Crippen LogP contribution >= 0.6 is 24.0 Å². The van der Waals surface area contributed by atoms with Crippen molar-refractivity contribution in [1.82, 2.24) is 10.2 Å². The predicted octanol–water partition coefficient (Wildman–Crippen LogP) is 3.21. The zero-order valence-electron chi connectivity index (χ0n) is 15.2. The Hall–Kier alpha value is -0.930. The summed E-state index contributed by atoms with van der Waals surface area (Å²) in [7, 11) is 1.70. The fraction of sp³-hybridized carbons (Fsp3) is 0.611. The molecule has 1 N–H and O–H groups in total. The summed E-state index contributed by atoms with van der Waals surface area (Å²) in [6.45, 7) is 7.85. The molecule has 0 radical (unpaired) electrons. The number of morpholine rings is 1. The average molecular weight is 465 g/mol. The van der Waals surface area contributed by atoms with Crippen molar-refractivity contribution in [3.05, 3.63) is 35.6 Å². The van der Waals surface area contributed by atoms with Crippen molar-refractivity contribution >= 4 is 29.9 Å². The van der Waals surface area contributed by atoms with Gasteiger partial charge in [-0.15, -0.1) is 24.0 Å². The maximum absolute atomic E-state index is 13.1. The first-order valence-electron chi connectivity index (χ1n) is 8.57. The number of nitrogens with one attached hydrogen (secondary N) is 1. The van der Waals surface area contributed by atoms with E-state index in [1.807, 2.05) is 0 Å². The third kappa shape index (κ3) is 7.07. The lowest BCUT2D eigenvalue weighted by Gasteiger charge is -2.38. The Morgan fingerprint density at radius 1 is 1.36 bits per heavy atom. The van der Waals surface area contributed by atoms with Gasteiger partial charge in [-0.3, -0.25) is 4.99 Å². The average Bonchev–Trinajstić information content (AvgIpc) is 2.58. The number of rotatable bonds is 6. The van der Waals surface area contributed by atoms with Gasteiger partial charge in [0.25, 0.3) is 0 Å². The number of aliphatic imine (C=N–C) groups is 1. The minimum absolute atomic E-state index is 0. The summed E-state index contributed by atoms with van der Waals surface area (Å²) in [6.07, 6.45) is 0.890. The maximum atomic E-state index is 13.1. The zero-order valence-corrected chi connectivity index (χ0v) is 17.5. The number of guanidine groups is 1. The molecule has 1 saturated heterocycles. The lowest BCUT2D eigenvalue weighted by molar-refractivity contribution is -0.0605. The van der Waals surface area contributed by atoms with Crippen LogP contribution in [0.4, 0.5) is 4.39 Å². The molecule has 7 heteroatoms. The third-order valence-corrected chi connectivity index (χ3v) is 3.90. The van der Waals surface area contributed by atoms with Crippen molar-refractivity contribution in [2.45, 2.75) is 32.5 Å². The normalized spacial score (nSPS) is 21.0. The smallest absolute Gasteiger partial charge is 0.194 e. The van der Waals surface area contributed by atoms with Gasteiger partial charge in [-0.1, -0.05) is 12.1 Å². The Morgan fingerprint density at radius 3 is 2.72 bits per heavy atom. The van der Waals surface area contributed by atoms with Gasteiger partial charge >= 0.3 is 0 Å². The van der Waals surface area contributed by atoms with Crippen molar-refractivity contribution < 1.29 is 13.9 Å². The summed E-state index contributed by atoms with van der Waals surface area (Å²) in [6, 6.07) is 6.54. The van der Waals surface area contributed by atoms with E-state index in [2.05, 4.69) is 29.1 Å². The number of benzene rings is 1. The van der Waals surface area contributed by atoms with Crippen LogP contribution in [0.2, 0.25) is 0 Å². The van der Waals surface area contributed by atoms with E-state index in [0.717, 1.165) is 37.6 Å². The number of hydrogen-bond donors (Lipinski definition) is 1. The van der Waals surface area contributed by atoms with Crippen LogP contribution in [0.5, 0.6) is 0 Å². The van der Waals surface area contributed by atoms with E-state index in [4.69, 9.17) is 9.47 Å². The number of nitrogens with zero attached hydrogens (tertiary/aromatic N) is 2. The van der Waals surface area contributed by atoms with Gasteiger partial charge in [0.2, 0.25) is 0 Å². The molecular formula is C18H29FIN3O2. The van der Waals surface area contributed by atoms with Gasteiger partial charge < -0.3 is 19.7 Å². The second kappa shape index (κ2) is 11.6. The van der Waals surface area contributed by atoms with Gasteiger partial charge in [0, 0.05) is 33.4 Å². The van der Waals surface area contributed by atoms with Crippen LogP contribution in [0.25, 0.3) is 0 Å². The highest BCUT2D eigenvalue weighted by Gasteiger charge is 2.28. The Balaban J connectivity index is 0.00000312. The lowest BCUT2D eigenvalue weighted by Crippen LogP contribution is -2.50. The van der Waals surface area contributed by atoms with E-state index in [0.29, 0.717) is 13.2 Å². The van der Waals surface area contributed by atoms with Crippen molar-refractivity contribution in [2.24, 2.45) is 4.99 Å². The molecule has 1 aromatic carbocycles. The summed E-state index contributed by atoms with van der Waals surface area (Å²) in [5, 5.41) is 3.35. The molecule has 2 atom stereocenters. The van der Waals surface area contributed by atoms with E-state index in [-0.39, 0.29) is 42.0 Å². The Labute approximate surface area is 167 Å². The largest absolute Gasteiger partial charge is 0.385 e. The molecule has 2 rings (SSSR count). The number of hydrogen-bond acceptors (Lipinski definition) is 3. The van der Waals surface area contributed by atoms with Crippen molar-refractivity contribution in [2.75, 3.05) is 39.9 Å². The molecule has 1 heterocycles. The highest BCUT2D eigenvalue weighted by Crippen LogP contribution is 2.25. The SMILES string of the molecule is CCNC(=NCCCOC)N1CC(C)OC(c2ccc(F)cc2)C1.I. The van der Waals surface area contributed by atoms with E-state index < -0.39 is 0 Å². The van der Waals surface area contributed by atoms with Crippen LogP contribution in [0.1, 0.15) is 31.9 Å². The Morgan fingerprint density at radius 2 is 2.08 bits per heavy atom. The molecular weight excluding hydrogens is 436 g/mol. The molecule has 5 nitrogen and oxygen atoms in total. The van der Waals surface area contributed by atoms with Crippen LogP contribution in [0.3, 0.4) is 0 Å². The van der Waals surface area contributed by atoms with Gasteiger partial charge in [-0.2, -0.15) is 0 Å². The van der Waals surface area contributed by atoms with Gasteiger partial charge in [0.1, 0.15) is 11.9 Å².